The average Bonchev–Trinajstić information content (AvgIpc) is 2.47. The molecule has 0 radical (unpaired) electrons. The number of rotatable bonds is 2. The maximum absolute atomic E-state index is 12.2. The number of nitrogens with one attached hydrogen (secondary N) is 1. The molecule has 2 amide bonds. The second kappa shape index (κ2) is 5.69. The third-order valence-electron chi connectivity index (χ3n) is 3.80. The van der Waals surface area contributed by atoms with Crippen LogP contribution in [0, 0.1) is 3.57 Å². The van der Waals surface area contributed by atoms with Gasteiger partial charge in [0, 0.05) is 36.3 Å². The van der Waals surface area contributed by atoms with Crippen LogP contribution in [0.25, 0.3) is 0 Å². The number of benzene rings is 1. The average molecular weight is 385 g/mol. The number of nitrogens with zero attached hydrogens (tertiary/aromatic N) is 2. The van der Waals surface area contributed by atoms with Crippen LogP contribution in [0.15, 0.2) is 24.3 Å². The molecule has 1 aromatic rings. The maximum atomic E-state index is 12.2. The van der Waals surface area contributed by atoms with Gasteiger partial charge < -0.3 is 15.1 Å². The monoisotopic (exact) mass is 385 g/mol. The Kier molecular flexibility index (Phi) is 3.93. The Labute approximate surface area is 131 Å². The van der Waals surface area contributed by atoms with Gasteiger partial charge in [0.05, 0.1) is 6.04 Å². The van der Waals surface area contributed by atoms with Crippen LogP contribution in [0.3, 0.4) is 0 Å². The molecule has 0 spiro atoms. The Hall–Kier alpha value is -1.15. The van der Waals surface area contributed by atoms with Gasteiger partial charge in [0.15, 0.2) is 0 Å². The van der Waals surface area contributed by atoms with E-state index >= 15 is 0 Å². The molecule has 1 aromatic carbocycles. The Bertz CT molecular complexity index is 532. The summed E-state index contributed by atoms with van der Waals surface area (Å²) < 4.78 is 1.16. The van der Waals surface area contributed by atoms with Gasteiger partial charge in [0.2, 0.25) is 0 Å². The first-order valence-corrected chi connectivity index (χ1v) is 7.78. The molecule has 5 nitrogen and oxygen atoms in total. The molecule has 20 heavy (non-hydrogen) atoms. The summed E-state index contributed by atoms with van der Waals surface area (Å²) in [6.45, 7) is 3.29. The second-order valence-electron chi connectivity index (χ2n) is 5.17. The van der Waals surface area contributed by atoms with E-state index in [0.29, 0.717) is 19.6 Å². The summed E-state index contributed by atoms with van der Waals surface area (Å²) in [5.74, 6) is -0.727. The molecule has 106 valence electrons. The minimum atomic E-state index is -0.373. The van der Waals surface area contributed by atoms with E-state index in [2.05, 4.69) is 27.9 Å². The molecule has 2 heterocycles. The van der Waals surface area contributed by atoms with Crippen LogP contribution in [-0.2, 0) is 16.1 Å². The van der Waals surface area contributed by atoms with E-state index in [1.165, 1.54) is 0 Å². The van der Waals surface area contributed by atoms with E-state index in [1.807, 2.05) is 24.3 Å². The predicted octanol–water partition coefficient (Wildman–Crippen LogP) is 0.434. The van der Waals surface area contributed by atoms with Crippen molar-refractivity contribution in [1.82, 2.24) is 15.1 Å². The van der Waals surface area contributed by atoms with E-state index in [-0.39, 0.29) is 17.9 Å². The molecule has 6 heteroatoms. The molecule has 3 rings (SSSR count). The summed E-state index contributed by atoms with van der Waals surface area (Å²) in [6.07, 6.45) is 0. The highest BCUT2D eigenvalue weighted by Crippen LogP contribution is 2.17. The van der Waals surface area contributed by atoms with Gasteiger partial charge in [-0.05, 0) is 40.3 Å². The predicted molar refractivity (Wildman–Crippen MR) is 82.9 cm³/mol. The fourth-order valence-electron chi connectivity index (χ4n) is 2.73. The first-order chi connectivity index (χ1) is 9.65. The van der Waals surface area contributed by atoms with E-state index in [0.717, 1.165) is 22.2 Å². The number of amides is 2. The van der Waals surface area contributed by atoms with Crippen molar-refractivity contribution in [3.8, 4) is 0 Å². The zero-order valence-corrected chi connectivity index (χ0v) is 13.2. The molecule has 1 atom stereocenters. The van der Waals surface area contributed by atoms with Crippen LogP contribution >= 0.6 is 22.6 Å². The molecule has 2 fully saturated rings. The van der Waals surface area contributed by atoms with Crippen LogP contribution < -0.4 is 5.32 Å². The molecular formula is C14H16IN3O2. The smallest absolute Gasteiger partial charge is 0.312 e. The number of hydrogen-bond donors (Lipinski definition) is 1. The van der Waals surface area contributed by atoms with Crippen LogP contribution in [-0.4, -0.2) is 53.8 Å². The molecule has 0 aromatic heterocycles. The quantitative estimate of drug-likeness (QED) is 0.594. The van der Waals surface area contributed by atoms with Crippen molar-refractivity contribution >= 4 is 34.4 Å². The van der Waals surface area contributed by atoms with Crippen molar-refractivity contribution in [2.24, 2.45) is 0 Å². The lowest BCUT2D eigenvalue weighted by molar-refractivity contribution is -0.160. The molecule has 1 unspecified atom stereocenters. The maximum Gasteiger partial charge on any atom is 0.312 e. The van der Waals surface area contributed by atoms with E-state index in [4.69, 9.17) is 0 Å². The molecular weight excluding hydrogens is 369 g/mol. The molecule has 2 aliphatic heterocycles. The fraction of sp³-hybridized carbons (Fsp3) is 0.429. The van der Waals surface area contributed by atoms with Crippen LogP contribution in [0.2, 0.25) is 0 Å². The second-order valence-corrected chi connectivity index (χ2v) is 6.41. The summed E-state index contributed by atoms with van der Waals surface area (Å²) in [5, 5.41) is 3.28. The highest BCUT2D eigenvalue weighted by Gasteiger charge is 2.39. The van der Waals surface area contributed by atoms with Crippen molar-refractivity contribution in [3.63, 3.8) is 0 Å². The summed E-state index contributed by atoms with van der Waals surface area (Å²) in [7, 11) is 0. The number of halogens is 1. The molecule has 0 saturated carbocycles. The Morgan fingerprint density at radius 2 is 1.95 bits per heavy atom. The van der Waals surface area contributed by atoms with Crippen LogP contribution in [0.5, 0.6) is 0 Å². The summed E-state index contributed by atoms with van der Waals surface area (Å²) in [5.41, 5.74) is 1.06. The lowest BCUT2D eigenvalue weighted by atomic mass is 10.1. The molecule has 0 bridgehead atoms. The third kappa shape index (κ3) is 2.67. The normalized spacial score (nSPS) is 22.9. The Morgan fingerprint density at radius 1 is 1.20 bits per heavy atom. The van der Waals surface area contributed by atoms with Crippen LogP contribution in [0.4, 0.5) is 0 Å². The number of hydrogen-bond acceptors (Lipinski definition) is 3. The molecule has 0 aliphatic carbocycles. The van der Waals surface area contributed by atoms with E-state index in [1.54, 1.807) is 9.80 Å². The first-order valence-electron chi connectivity index (χ1n) is 6.70. The Balaban J connectivity index is 1.74. The van der Waals surface area contributed by atoms with E-state index in [9.17, 15) is 9.59 Å². The third-order valence-corrected chi connectivity index (χ3v) is 4.52. The van der Waals surface area contributed by atoms with Gasteiger partial charge in [-0.15, -0.1) is 0 Å². The highest BCUT2D eigenvalue weighted by atomic mass is 127. The number of piperazine rings is 2. The van der Waals surface area contributed by atoms with Crippen molar-refractivity contribution in [3.05, 3.63) is 33.4 Å². The van der Waals surface area contributed by atoms with Gasteiger partial charge >= 0.3 is 11.8 Å². The van der Waals surface area contributed by atoms with Crippen LogP contribution in [0.1, 0.15) is 5.56 Å². The van der Waals surface area contributed by atoms with Crippen molar-refractivity contribution in [1.29, 1.82) is 0 Å². The standard InChI is InChI=1S/C14H16IN3O2/c15-11-3-1-10(2-4-11)8-17-9-12-7-16-5-6-18(12)14(20)13(17)19/h1-4,12,16H,5-9H2. The van der Waals surface area contributed by atoms with Crippen molar-refractivity contribution in [2.75, 3.05) is 26.2 Å². The molecule has 2 aliphatic rings. The van der Waals surface area contributed by atoms with Crippen molar-refractivity contribution < 1.29 is 9.59 Å². The first kappa shape index (κ1) is 13.8. The highest BCUT2D eigenvalue weighted by molar-refractivity contribution is 14.1. The summed E-state index contributed by atoms with van der Waals surface area (Å²) in [6, 6.07) is 8.15. The zero-order valence-electron chi connectivity index (χ0n) is 11.0. The molecule has 2 saturated heterocycles. The Morgan fingerprint density at radius 3 is 2.70 bits per heavy atom. The summed E-state index contributed by atoms with van der Waals surface area (Å²) >= 11 is 2.25. The summed E-state index contributed by atoms with van der Waals surface area (Å²) in [4.78, 5) is 27.7. The number of fused-ring (bicyclic) bond motifs is 1. The van der Waals surface area contributed by atoms with Crippen molar-refractivity contribution in [2.45, 2.75) is 12.6 Å². The molecule has 1 N–H and O–H groups in total. The van der Waals surface area contributed by atoms with Gasteiger partial charge in [0.25, 0.3) is 0 Å². The van der Waals surface area contributed by atoms with Gasteiger partial charge in [-0.25, -0.2) is 0 Å². The van der Waals surface area contributed by atoms with Gasteiger partial charge in [-0.1, -0.05) is 12.1 Å². The van der Waals surface area contributed by atoms with Gasteiger partial charge in [0.1, 0.15) is 0 Å². The number of carbonyl (C=O) groups is 2. The van der Waals surface area contributed by atoms with Gasteiger partial charge in [-0.2, -0.15) is 0 Å². The minimum Gasteiger partial charge on any atom is -0.328 e. The zero-order chi connectivity index (χ0) is 14.1. The van der Waals surface area contributed by atoms with E-state index < -0.39 is 0 Å². The SMILES string of the molecule is O=C1C(=O)N2CCNCC2CN1Cc1ccc(I)cc1. The lowest BCUT2D eigenvalue weighted by Gasteiger charge is -2.43. The minimum absolute atomic E-state index is 0.109. The van der Waals surface area contributed by atoms with Gasteiger partial charge in [-0.3, -0.25) is 9.59 Å². The number of carbonyl (C=O) groups excluding carboxylic acids is 2. The largest absolute Gasteiger partial charge is 0.328 e. The lowest BCUT2D eigenvalue weighted by Crippen LogP contribution is -2.65. The fourth-order valence-corrected chi connectivity index (χ4v) is 3.09. The topological polar surface area (TPSA) is 52.7 Å².